The van der Waals surface area contributed by atoms with Crippen LogP contribution in [-0.4, -0.2) is 10.8 Å². The van der Waals surface area contributed by atoms with Gasteiger partial charge in [0.1, 0.15) is 5.52 Å². The van der Waals surface area contributed by atoms with Crippen LogP contribution in [0.5, 0.6) is 0 Å². The molecule has 0 atom stereocenters. The maximum absolute atomic E-state index is 11.3. The summed E-state index contributed by atoms with van der Waals surface area (Å²) < 4.78 is 5.59. The van der Waals surface area contributed by atoms with Crippen molar-refractivity contribution in [3.63, 3.8) is 0 Å². The van der Waals surface area contributed by atoms with Gasteiger partial charge in [-0.1, -0.05) is 25.4 Å². The van der Waals surface area contributed by atoms with E-state index in [4.69, 9.17) is 16.0 Å². The van der Waals surface area contributed by atoms with Crippen molar-refractivity contribution >= 4 is 28.5 Å². The van der Waals surface area contributed by atoms with Gasteiger partial charge in [0.25, 0.3) is 0 Å². The van der Waals surface area contributed by atoms with Gasteiger partial charge in [-0.15, -0.1) is 0 Å². The highest BCUT2D eigenvalue weighted by Gasteiger charge is 2.13. The zero-order valence-electron chi connectivity index (χ0n) is 10.1. The Hall–Kier alpha value is -1.35. The summed E-state index contributed by atoms with van der Waals surface area (Å²) >= 11 is 6.07. The van der Waals surface area contributed by atoms with Crippen molar-refractivity contribution in [2.75, 3.05) is 0 Å². The third kappa shape index (κ3) is 2.50. The first kappa shape index (κ1) is 12.1. The van der Waals surface area contributed by atoms with E-state index in [0.29, 0.717) is 33.5 Å². The van der Waals surface area contributed by atoms with E-state index in [1.807, 2.05) is 0 Å². The summed E-state index contributed by atoms with van der Waals surface area (Å²) in [4.78, 5) is 15.7. The number of aromatic nitrogens is 1. The number of oxazole rings is 1. The molecule has 0 N–H and O–H groups in total. The maximum atomic E-state index is 11.3. The molecule has 2 aromatic rings. The minimum Gasteiger partial charge on any atom is -0.439 e. The summed E-state index contributed by atoms with van der Waals surface area (Å²) in [5, 5.41) is 0.440. The van der Waals surface area contributed by atoms with Crippen LogP contribution in [0.3, 0.4) is 0 Å². The van der Waals surface area contributed by atoms with Crippen molar-refractivity contribution in [3.05, 3.63) is 28.6 Å². The first-order valence-corrected chi connectivity index (χ1v) is 5.95. The van der Waals surface area contributed by atoms with Gasteiger partial charge >= 0.3 is 0 Å². The normalized spacial score (nSPS) is 11.4. The van der Waals surface area contributed by atoms with E-state index in [2.05, 4.69) is 18.8 Å². The van der Waals surface area contributed by atoms with Crippen LogP contribution >= 0.6 is 11.6 Å². The van der Waals surface area contributed by atoms with Crippen LogP contribution in [0.4, 0.5) is 0 Å². The number of hydrogen-bond donors (Lipinski definition) is 0. The van der Waals surface area contributed by atoms with Gasteiger partial charge in [0.15, 0.2) is 17.3 Å². The van der Waals surface area contributed by atoms with Crippen LogP contribution in [-0.2, 0) is 6.42 Å². The van der Waals surface area contributed by atoms with Gasteiger partial charge < -0.3 is 4.42 Å². The van der Waals surface area contributed by atoms with Gasteiger partial charge in [0, 0.05) is 12.0 Å². The fourth-order valence-corrected chi connectivity index (χ4v) is 1.93. The Labute approximate surface area is 105 Å². The number of benzene rings is 1. The molecule has 0 amide bonds. The van der Waals surface area contributed by atoms with Crippen molar-refractivity contribution in [2.24, 2.45) is 5.92 Å². The molecule has 3 nitrogen and oxygen atoms in total. The first-order chi connectivity index (χ1) is 7.97. The summed E-state index contributed by atoms with van der Waals surface area (Å²) in [5.74, 6) is 1.11. The SMILES string of the molecule is CC(=O)c1cc(Cl)c2oc(CC(C)C)nc2c1. The fraction of sp³-hybridized carbons (Fsp3) is 0.385. The van der Waals surface area contributed by atoms with E-state index in [0.717, 1.165) is 6.42 Å². The molecule has 0 spiro atoms. The summed E-state index contributed by atoms with van der Waals surface area (Å²) in [6.45, 7) is 5.70. The van der Waals surface area contributed by atoms with E-state index in [9.17, 15) is 4.79 Å². The Bertz CT molecular complexity index is 572. The molecular formula is C13H14ClNO2. The minimum atomic E-state index is -0.0257. The van der Waals surface area contributed by atoms with Crippen LogP contribution in [0.25, 0.3) is 11.1 Å². The summed E-state index contributed by atoms with van der Waals surface area (Å²) in [6.07, 6.45) is 0.764. The first-order valence-electron chi connectivity index (χ1n) is 5.57. The van der Waals surface area contributed by atoms with Gasteiger partial charge in [-0.05, 0) is 25.0 Å². The molecule has 1 aromatic heterocycles. The number of Topliss-reactive ketones (excluding diaryl/α,β-unsaturated/α-hetero) is 1. The molecule has 0 aliphatic carbocycles. The van der Waals surface area contributed by atoms with Crippen molar-refractivity contribution in [2.45, 2.75) is 27.2 Å². The molecule has 0 radical (unpaired) electrons. The second-order valence-electron chi connectivity index (χ2n) is 4.57. The molecule has 90 valence electrons. The predicted octanol–water partition coefficient (Wildman–Crippen LogP) is 3.88. The van der Waals surface area contributed by atoms with Crippen LogP contribution in [0.15, 0.2) is 16.5 Å². The molecular weight excluding hydrogens is 238 g/mol. The second-order valence-corrected chi connectivity index (χ2v) is 4.98. The molecule has 0 aliphatic heterocycles. The molecule has 0 bridgehead atoms. The number of carbonyl (C=O) groups is 1. The average molecular weight is 252 g/mol. The molecule has 0 fully saturated rings. The number of hydrogen-bond acceptors (Lipinski definition) is 3. The Kier molecular flexibility index (Phi) is 3.20. The number of ketones is 1. The topological polar surface area (TPSA) is 43.1 Å². The van der Waals surface area contributed by atoms with E-state index in [1.165, 1.54) is 6.92 Å². The van der Waals surface area contributed by atoms with Crippen LogP contribution in [0.1, 0.15) is 37.0 Å². The number of nitrogens with zero attached hydrogens (tertiary/aromatic N) is 1. The Balaban J connectivity index is 2.52. The number of fused-ring (bicyclic) bond motifs is 1. The Morgan fingerprint density at radius 3 is 2.76 bits per heavy atom. The van der Waals surface area contributed by atoms with Crippen LogP contribution < -0.4 is 0 Å². The Morgan fingerprint density at radius 2 is 2.18 bits per heavy atom. The summed E-state index contributed by atoms with van der Waals surface area (Å²) in [7, 11) is 0. The van der Waals surface area contributed by atoms with Gasteiger partial charge in [-0.2, -0.15) is 0 Å². The lowest BCUT2D eigenvalue weighted by Gasteiger charge is -1.97. The molecule has 0 unspecified atom stereocenters. The molecule has 0 aliphatic rings. The lowest BCUT2D eigenvalue weighted by atomic mass is 10.1. The van der Waals surface area contributed by atoms with E-state index in [1.54, 1.807) is 12.1 Å². The second kappa shape index (κ2) is 4.49. The summed E-state index contributed by atoms with van der Waals surface area (Å²) in [5.41, 5.74) is 1.78. The smallest absolute Gasteiger partial charge is 0.195 e. The lowest BCUT2D eigenvalue weighted by molar-refractivity contribution is 0.101. The number of rotatable bonds is 3. The molecule has 1 heterocycles. The van der Waals surface area contributed by atoms with Crippen LogP contribution in [0.2, 0.25) is 5.02 Å². The molecule has 17 heavy (non-hydrogen) atoms. The largest absolute Gasteiger partial charge is 0.439 e. The monoisotopic (exact) mass is 251 g/mol. The maximum Gasteiger partial charge on any atom is 0.195 e. The third-order valence-corrected chi connectivity index (χ3v) is 2.76. The zero-order chi connectivity index (χ0) is 12.6. The molecule has 2 rings (SSSR count). The highest BCUT2D eigenvalue weighted by Crippen LogP contribution is 2.27. The highest BCUT2D eigenvalue weighted by molar-refractivity contribution is 6.35. The summed E-state index contributed by atoms with van der Waals surface area (Å²) in [6, 6.07) is 3.34. The average Bonchev–Trinajstić information content (AvgIpc) is 2.59. The van der Waals surface area contributed by atoms with Gasteiger partial charge in [0.2, 0.25) is 0 Å². The lowest BCUT2D eigenvalue weighted by Crippen LogP contribution is -1.93. The highest BCUT2D eigenvalue weighted by atomic mass is 35.5. The molecule has 0 saturated carbocycles. The van der Waals surface area contributed by atoms with Gasteiger partial charge in [0.05, 0.1) is 5.02 Å². The number of halogens is 1. The van der Waals surface area contributed by atoms with Crippen molar-refractivity contribution in [1.29, 1.82) is 0 Å². The fourth-order valence-electron chi connectivity index (χ4n) is 1.68. The quantitative estimate of drug-likeness (QED) is 0.778. The number of carbonyl (C=O) groups excluding carboxylic acids is 1. The molecule has 0 saturated heterocycles. The third-order valence-electron chi connectivity index (χ3n) is 2.48. The Morgan fingerprint density at radius 1 is 1.47 bits per heavy atom. The van der Waals surface area contributed by atoms with Crippen molar-refractivity contribution in [3.8, 4) is 0 Å². The van der Waals surface area contributed by atoms with E-state index < -0.39 is 0 Å². The standard InChI is InChI=1S/C13H14ClNO2/c1-7(2)4-12-15-11-6-9(8(3)16)5-10(14)13(11)17-12/h5-7H,4H2,1-3H3. The van der Waals surface area contributed by atoms with Crippen LogP contribution in [0, 0.1) is 5.92 Å². The molecule has 1 aromatic carbocycles. The molecule has 4 heteroatoms. The van der Waals surface area contributed by atoms with Gasteiger partial charge in [-0.25, -0.2) is 4.98 Å². The van der Waals surface area contributed by atoms with Crippen molar-refractivity contribution in [1.82, 2.24) is 4.98 Å². The predicted molar refractivity (Wildman–Crippen MR) is 67.6 cm³/mol. The van der Waals surface area contributed by atoms with E-state index in [-0.39, 0.29) is 5.78 Å². The van der Waals surface area contributed by atoms with Gasteiger partial charge in [-0.3, -0.25) is 4.79 Å². The minimum absolute atomic E-state index is 0.0257. The van der Waals surface area contributed by atoms with E-state index >= 15 is 0 Å². The zero-order valence-corrected chi connectivity index (χ0v) is 10.8. The van der Waals surface area contributed by atoms with Crippen molar-refractivity contribution < 1.29 is 9.21 Å².